The summed E-state index contributed by atoms with van der Waals surface area (Å²) in [6, 6.07) is 9.39. The number of hydrogen-bond acceptors (Lipinski definition) is 9. The van der Waals surface area contributed by atoms with E-state index in [1.165, 1.54) is 27.7 Å². The second kappa shape index (κ2) is 6.30. The summed E-state index contributed by atoms with van der Waals surface area (Å²) in [5, 5.41) is 29.0. The Kier molecular flexibility index (Phi) is 4.00. The third-order valence-corrected chi connectivity index (χ3v) is 5.29. The summed E-state index contributed by atoms with van der Waals surface area (Å²) in [6.45, 7) is 1.96. The number of anilines is 2. The van der Waals surface area contributed by atoms with Crippen LogP contribution in [0.1, 0.15) is 5.56 Å². The minimum absolute atomic E-state index is 0.593. The van der Waals surface area contributed by atoms with Gasteiger partial charge in [0, 0.05) is 10.7 Å². The van der Waals surface area contributed by atoms with Crippen molar-refractivity contribution in [1.29, 1.82) is 0 Å². The van der Waals surface area contributed by atoms with E-state index in [1.807, 2.05) is 31.2 Å². The first-order chi connectivity index (χ1) is 11.7. The number of aryl methyl sites for hydroxylation is 1. The van der Waals surface area contributed by atoms with Gasteiger partial charge >= 0.3 is 0 Å². The van der Waals surface area contributed by atoms with Crippen LogP contribution in [0.5, 0.6) is 0 Å². The summed E-state index contributed by atoms with van der Waals surface area (Å²) in [5.41, 5.74) is 2.49. The SMILES string of the molecule is Cc1ccc(Nc2nnc(Sc3ccc4nnnn4n3)s2)cc1Cl. The van der Waals surface area contributed by atoms with Gasteiger partial charge < -0.3 is 5.32 Å². The van der Waals surface area contributed by atoms with E-state index in [0.29, 0.717) is 15.8 Å². The number of rotatable bonds is 4. The molecule has 1 aromatic carbocycles. The van der Waals surface area contributed by atoms with Crippen LogP contribution in [0.2, 0.25) is 5.02 Å². The van der Waals surface area contributed by atoms with Gasteiger partial charge in [0.05, 0.1) is 0 Å². The van der Waals surface area contributed by atoms with Crippen LogP contribution < -0.4 is 5.32 Å². The fourth-order valence-electron chi connectivity index (χ4n) is 1.87. The van der Waals surface area contributed by atoms with Gasteiger partial charge in [-0.25, -0.2) is 0 Å². The van der Waals surface area contributed by atoms with E-state index in [-0.39, 0.29) is 0 Å². The Morgan fingerprint density at radius 1 is 1.17 bits per heavy atom. The lowest BCUT2D eigenvalue weighted by Crippen LogP contribution is -1.94. The van der Waals surface area contributed by atoms with Crippen molar-refractivity contribution in [2.75, 3.05) is 5.32 Å². The van der Waals surface area contributed by atoms with Crippen molar-refractivity contribution in [3.63, 3.8) is 0 Å². The molecule has 0 saturated heterocycles. The molecule has 0 unspecified atom stereocenters. The number of nitrogens with one attached hydrogen (secondary N) is 1. The number of hydrogen-bond donors (Lipinski definition) is 1. The van der Waals surface area contributed by atoms with Crippen molar-refractivity contribution in [3.05, 3.63) is 40.9 Å². The van der Waals surface area contributed by atoms with Gasteiger partial charge in [0.25, 0.3) is 0 Å². The van der Waals surface area contributed by atoms with Crippen molar-refractivity contribution in [2.45, 2.75) is 16.3 Å². The Hall–Kier alpha value is -2.30. The third kappa shape index (κ3) is 3.16. The molecule has 0 aliphatic carbocycles. The Labute approximate surface area is 149 Å². The maximum Gasteiger partial charge on any atom is 0.210 e. The molecule has 8 nitrogen and oxygen atoms in total. The number of benzene rings is 1. The molecule has 0 amide bonds. The third-order valence-electron chi connectivity index (χ3n) is 3.07. The molecule has 120 valence electrons. The molecule has 0 aliphatic heterocycles. The fraction of sp³-hybridized carbons (Fsp3) is 0.0769. The second-order valence-electron chi connectivity index (χ2n) is 4.76. The molecule has 3 aromatic heterocycles. The maximum absolute atomic E-state index is 6.13. The smallest absolute Gasteiger partial charge is 0.210 e. The van der Waals surface area contributed by atoms with E-state index < -0.39 is 0 Å². The van der Waals surface area contributed by atoms with E-state index in [0.717, 1.165) is 20.6 Å². The molecular weight excluding hydrogens is 368 g/mol. The van der Waals surface area contributed by atoms with E-state index in [2.05, 4.69) is 36.1 Å². The summed E-state index contributed by atoms with van der Waals surface area (Å²) in [6.07, 6.45) is 0. The molecule has 1 N–H and O–H groups in total. The molecule has 4 aromatic rings. The standard InChI is InChI=1S/C13H9ClN8S2/c1-7-2-3-8(6-9(7)14)15-12-17-18-13(24-12)23-11-5-4-10-16-20-21-22(10)19-11/h2-6H,1H3,(H,15,17). The first kappa shape index (κ1) is 15.2. The van der Waals surface area contributed by atoms with Gasteiger partial charge in [0.15, 0.2) is 9.99 Å². The minimum Gasteiger partial charge on any atom is -0.330 e. The van der Waals surface area contributed by atoms with Gasteiger partial charge in [-0.15, -0.1) is 25.0 Å². The molecule has 0 saturated carbocycles. The summed E-state index contributed by atoms with van der Waals surface area (Å²) in [4.78, 5) is 0. The second-order valence-corrected chi connectivity index (χ2v) is 7.41. The molecule has 0 fully saturated rings. The van der Waals surface area contributed by atoms with Gasteiger partial charge in [-0.1, -0.05) is 29.0 Å². The number of fused-ring (bicyclic) bond motifs is 1. The van der Waals surface area contributed by atoms with Crippen molar-refractivity contribution in [2.24, 2.45) is 0 Å². The van der Waals surface area contributed by atoms with Crippen LogP contribution >= 0.6 is 34.7 Å². The first-order valence-electron chi connectivity index (χ1n) is 6.77. The lowest BCUT2D eigenvalue weighted by Gasteiger charge is -2.03. The van der Waals surface area contributed by atoms with Gasteiger partial charge in [-0.05, 0) is 58.9 Å². The molecule has 24 heavy (non-hydrogen) atoms. The van der Waals surface area contributed by atoms with Crippen molar-refractivity contribution < 1.29 is 0 Å². The van der Waals surface area contributed by atoms with Crippen molar-refractivity contribution in [3.8, 4) is 0 Å². The zero-order chi connectivity index (χ0) is 16.5. The Balaban J connectivity index is 1.50. The van der Waals surface area contributed by atoms with Crippen LogP contribution in [-0.2, 0) is 0 Å². The van der Waals surface area contributed by atoms with Gasteiger partial charge in [-0.2, -0.15) is 0 Å². The Morgan fingerprint density at radius 2 is 2.08 bits per heavy atom. The largest absolute Gasteiger partial charge is 0.330 e. The topological polar surface area (TPSA) is 93.8 Å². The highest BCUT2D eigenvalue weighted by molar-refractivity contribution is 8.01. The average Bonchev–Trinajstić information content (AvgIpc) is 3.20. The molecule has 0 spiro atoms. The lowest BCUT2D eigenvalue weighted by molar-refractivity contribution is 0.702. The van der Waals surface area contributed by atoms with Gasteiger partial charge in [-0.3, -0.25) is 0 Å². The number of nitrogens with zero attached hydrogens (tertiary/aromatic N) is 7. The van der Waals surface area contributed by atoms with Crippen LogP contribution in [0.25, 0.3) is 5.65 Å². The predicted octanol–water partition coefficient (Wildman–Crippen LogP) is 3.23. The summed E-state index contributed by atoms with van der Waals surface area (Å²) in [7, 11) is 0. The van der Waals surface area contributed by atoms with Gasteiger partial charge in [0.2, 0.25) is 5.13 Å². The highest BCUT2D eigenvalue weighted by atomic mass is 35.5. The van der Waals surface area contributed by atoms with Gasteiger partial charge in [0.1, 0.15) is 5.03 Å². The van der Waals surface area contributed by atoms with Crippen LogP contribution in [0.15, 0.2) is 39.7 Å². The van der Waals surface area contributed by atoms with E-state index in [9.17, 15) is 0 Å². The summed E-state index contributed by atoms with van der Waals surface area (Å²) in [5.74, 6) is 0. The molecule has 0 atom stereocenters. The maximum atomic E-state index is 6.13. The van der Waals surface area contributed by atoms with Crippen LogP contribution in [0, 0.1) is 6.92 Å². The number of tetrazole rings is 1. The molecule has 3 heterocycles. The zero-order valence-electron chi connectivity index (χ0n) is 12.2. The minimum atomic E-state index is 0.593. The van der Waals surface area contributed by atoms with E-state index >= 15 is 0 Å². The number of halogens is 1. The summed E-state index contributed by atoms with van der Waals surface area (Å²) < 4.78 is 2.13. The first-order valence-corrected chi connectivity index (χ1v) is 8.78. The van der Waals surface area contributed by atoms with Crippen molar-refractivity contribution >= 4 is 51.2 Å². The monoisotopic (exact) mass is 376 g/mol. The van der Waals surface area contributed by atoms with Crippen LogP contribution in [0.4, 0.5) is 10.8 Å². The van der Waals surface area contributed by atoms with Crippen LogP contribution in [-0.4, -0.2) is 35.5 Å². The van der Waals surface area contributed by atoms with E-state index in [4.69, 9.17) is 11.6 Å². The molecule has 11 heteroatoms. The molecule has 0 radical (unpaired) electrons. The zero-order valence-corrected chi connectivity index (χ0v) is 14.6. The fourth-order valence-corrected chi connectivity index (χ4v) is 3.73. The molecule has 0 bridgehead atoms. The molecular formula is C13H9ClN8S2. The Bertz CT molecular complexity index is 1010. The Morgan fingerprint density at radius 3 is 2.96 bits per heavy atom. The van der Waals surface area contributed by atoms with Crippen molar-refractivity contribution in [1.82, 2.24) is 35.5 Å². The highest BCUT2D eigenvalue weighted by Gasteiger charge is 2.09. The normalized spacial score (nSPS) is 11.1. The van der Waals surface area contributed by atoms with Crippen LogP contribution in [0.3, 0.4) is 0 Å². The lowest BCUT2D eigenvalue weighted by atomic mass is 10.2. The van der Waals surface area contributed by atoms with E-state index in [1.54, 1.807) is 6.07 Å². The quantitative estimate of drug-likeness (QED) is 0.580. The highest BCUT2D eigenvalue weighted by Crippen LogP contribution is 2.32. The predicted molar refractivity (Wildman–Crippen MR) is 92.1 cm³/mol. The molecule has 0 aliphatic rings. The average molecular weight is 377 g/mol. The summed E-state index contributed by atoms with van der Waals surface area (Å²) >= 11 is 8.95. The molecule has 4 rings (SSSR count). The number of aromatic nitrogens is 7.